The first kappa shape index (κ1) is 18.2. The maximum atomic E-state index is 12.7. The number of nitrogens with zero attached hydrogens (tertiary/aromatic N) is 1. The van der Waals surface area contributed by atoms with Gasteiger partial charge in [0, 0.05) is 11.6 Å². The Morgan fingerprint density at radius 2 is 1.92 bits per heavy atom. The van der Waals surface area contributed by atoms with Crippen LogP contribution in [-0.2, 0) is 11.2 Å². The van der Waals surface area contributed by atoms with Gasteiger partial charge in [0.25, 0.3) is 5.91 Å². The Balaban J connectivity index is 1.85. The van der Waals surface area contributed by atoms with Gasteiger partial charge in [-0.25, -0.2) is 4.79 Å². The van der Waals surface area contributed by atoms with Gasteiger partial charge in [0.2, 0.25) is 0 Å². The van der Waals surface area contributed by atoms with E-state index in [1.807, 2.05) is 30.3 Å². The molecule has 0 aliphatic heterocycles. The van der Waals surface area contributed by atoms with Crippen LogP contribution in [-0.4, -0.2) is 30.2 Å². The van der Waals surface area contributed by atoms with Crippen LogP contribution in [0.25, 0.3) is 10.9 Å². The minimum absolute atomic E-state index is 0.149. The lowest BCUT2D eigenvalue weighted by molar-refractivity contribution is 0.0603. The number of ether oxygens (including phenoxy) is 2. The van der Waals surface area contributed by atoms with E-state index in [-0.39, 0.29) is 12.5 Å². The molecule has 26 heavy (non-hydrogen) atoms. The number of halogens is 1. The summed E-state index contributed by atoms with van der Waals surface area (Å²) in [5, 5.41) is 0.668. The number of rotatable bonds is 5. The lowest BCUT2D eigenvalue weighted by atomic mass is 10.2. The molecule has 0 spiro atoms. The topological polar surface area (TPSA) is 57.5 Å². The first-order valence-corrected chi connectivity index (χ1v) is 8.97. The summed E-state index contributed by atoms with van der Waals surface area (Å²) in [6.45, 7) is 1.92. The van der Waals surface area contributed by atoms with Crippen molar-refractivity contribution in [1.29, 1.82) is 0 Å². The number of aromatic nitrogens is 1. The van der Waals surface area contributed by atoms with Crippen LogP contribution >= 0.6 is 15.9 Å². The zero-order chi connectivity index (χ0) is 18.7. The standard InChI is InChI=1S/C20H18BrNO4/c1-3-13-8-9-18(16(21)10-13)26-12-19(23)22-11-15(20(24)25-2)14-6-4-5-7-17(14)22/h4-11H,3,12H2,1-2H3. The summed E-state index contributed by atoms with van der Waals surface area (Å²) in [4.78, 5) is 24.6. The van der Waals surface area contributed by atoms with Crippen molar-refractivity contribution in [3.05, 3.63) is 64.3 Å². The van der Waals surface area contributed by atoms with Gasteiger partial charge in [-0.3, -0.25) is 9.36 Å². The van der Waals surface area contributed by atoms with E-state index in [0.717, 1.165) is 10.9 Å². The highest BCUT2D eigenvalue weighted by Crippen LogP contribution is 2.27. The largest absolute Gasteiger partial charge is 0.483 e. The Morgan fingerprint density at radius 3 is 2.62 bits per heavy atom. The molecule has 0 fully saturated rings. The second-order valence-corrected chi connectivity index (χ2v) is 6.58. The highest BCUT2D eigenvalue weighted by Gasteiger charge is 2.19. The fourth-order valence-electron chi connectivity index (χ4n) is 2.75. The second kappa shape index (κ2) is 7.74. The van der Waals surface area contributed by atoms with Gasteiger partial charge in [0.15, 0.2) is 6.61 Å². The first-order chi connectivity index (χ1) is 12.5. The molecule has 3 aromatic rings. The lowest BCUT2D eigenvalue weighted by Crippen LogP contribution is -2.18. The molecule has 0 saturated carbocycles. The van der Waals surface area contributed by atoms with Crippen LogP contribution in [0.3, 0.4) is 0 Å². The van der Waals surface area contributed by atoms with Crippen LogP contribution in [0.1, 0.15) is 27.6 Å². The Hall–Kier alpha value is -2.60. The third-order valence-corrected chi connectivity index (χ3v) is 4.76. The first-order valence-electron chi connectivity index (χ1n) is 8.18. The quantitative estimate of drug-likeness (QED) is 0.576. The van der Waals surface area contributed by atoms with Crippen LogP contribution in [0.15, 0.2) is 53.1 Å². The molecule has 0 N–H and O–H groups in total. The van der Waals surface area contributed by atoms with Crippen LogP contribution < -0.4 is 4.74 Å². The van der Waals surface area contributed by atoms with Crippen molar-refractivity contribution < 1.29 is 19.1 Å². The van der Waals surface area contributed by atoms with Gasteiger partial charge < -0.3 is 9.47 Å². The molecule has 1 aromatic heterocycles. The molecule has 0 aliphatic carbocycles. The summed E-state index contributed by atoms with van der Waals surface area (Å²) >= 11 is 3.46. The number of carbonyl (C=O) groups excluding carboxylic acids is 2. The van der Waals surface area contributed by atoms with Crippen molar-refractivity contribution in [2.45, 2.75) is 13.3 Å². The Bertz CT molecular complexity index is 977. The Kier molecular flexibility index (Phi) is 5.42. The van der Waals surface area contributed by atoms with E-state index in [2.05, 4.69) is 22.9 Å². The summed E-state index contributed by atoms with van der Waals surface area (Å²) in [6.07, 6.45) is 2.42. The Morgan fingerprint density at radius 1 is 1.15 bits per heavy atom. The fourth-order valence-corrected chi connectivity index (χ4v) is 3.29. The molecule has 2 aromatic carbocycles. The van der Waals surface area contributed by atoms with Crippen molar-refractivity contribution in [2.75, 3.05) is 13.7 Å². The molecular weight excluding hydrogens is 398 g/mol. The third kappa shape index (κ3) is 3.51. The summed E-state index contributed by atoms with van der Waals surface area (Å²) in [5.74, 6) is -0.158. The highest BCUT2D eigenvalue weighted by molar-refractivity contribution is 9.10. The fraction of sp³-hybridized carbons (Fsp3) is 0.200. The number of aryl methyl sites for hydroxylation is 1. The monoisotopic (exact) mass is 415 g/mol. The zero-order valence-electron chi connectivity index (χ0n) is 14.5. The van der Waals surface area contributed by atoms with E-state index >= 15 is 0 Å². The summed E-state index contributed by atoms with van der Waals surface area (Å²) in [7, 11) is 1.32. The highest BCUT2D eigenvalue weighted by atomic mass is 79.9. The maximum Gasteiger partial charge on any atom is 0.340 e. The number of hydrogen-bond donors (Lipinski definition) is 0. The number of carbonyl (C=O) groups is 2. The van der Waals surface area contributed by atoms with E-state index in [0.29, 0.717) is 22.2 Å². The average molecular weight is 416 g/mol. The molecule has 0 unspecified atom stereocenters. The SMILES string of the molecule is CCc1ccc(OCC(=O)n2cc(C(=O)OC)c3ccccc32)c(Br)c1. The van der Waals surface area contributed by atoms with Crippen LogP contribution in [0, 0.1) is 0 Å². The molecule has 0 radical (unpaired) electrons. The number of para-hydroxylation sites is 1. The predicted octanol–water partition coefficient (Wildman–Crippen LogP) is 4.47. The molecule has 3 rings (SSSR count). The van der Waals surface area contributed by atoms with E-state index in [1.54, 1.807) is 12.1 Å². The second-order valence-electron chi connectivity index (χ2n) is 5.72. The Labute approximate surface area is 159 Å². The van der Waals surface area contributed by atoms with Gasteiger partial charge in [0.05, 0.1) is 22.7 Å². The predicted molar refractivity (Wildman–Crippen MR) is 103 cm³/mol. The van der Waals surface area contributed by atoms with Crippen molar-refractivity contribution in [2.24, 2.45) is 0 Å². The van der Waals surface area contributed by atoms with Crippen molar-refractivity contribution in [3.8, 4) is 5.75 Å². The molecule has 5 nitrogen and oxygen atoms in total. The van der Waals surface area contributed by atoms with Gasteiger partial charge >= 0.3 is 5.97 Å². The van der Waals surface area contributed by atoms with Crippen LogP contribution in [0.4, 0.5) is 0 Å². The average Bonchev–Trinajstić information content (AvgIpc) is 3.06. The van der Waals surface area contributed by atoms with Crippen LogP contribution in [0.2, 0.25) is 0 Å². The van der Waals surface area contributed by atoms with Crippen molar-refractivity contribution in [3.63, 3.8) is 0 Å². The number of fused-ring (bicyclic) bond motifs is 1. The molecular formula is C20H18BrNO4. The van der Waals surface area contributed by atoms with E-state index in [4.69, 9.17) is 9.47 Å². The number of hydrogen-bond acceptors (Lipinski definition) is 4. The van der Waals surface area contributed by atoms with Crippen molar-refractivity contribution >= 4 is 38.7 Å². The number of methoxy groups -OCH3 is 1. The summed E-state index contributed by atoms with van der Waals surface area (Å²) in [5.41, 5.74) is 2.17. The van der Waals surface area contributed by atoms with E-state index < -0.39 is 5.97 Å². The third-order valence-electron chi connectivity index (χ3n) is 4.14. The molecule has 0 saturated heterocycles. The molecule has 0 bridgehead atoms. The molecule has 1 heterocycles. The number of esters is 1. The van der Waals surface area contributed by atoms with Gasteiger partial charge in [0.1, 0.15) is 5.75 Å². The van der Waals surface area contributed by atoms with E-state index in [1.165, 1.54) is 23.4 Å². The number of benzene rings is 2. The zero-order valence-corrected chi connectivity index (χ0v) is 16.1. The molecule has 0 atom stereocenters. The van der Waals surface area contributed by atoms with Gasteiger partial charge in [-0.2, -0.15) is 0 Å². The van der Waals surface area contributed by atoms with Gasteiger partial charge in [-0.15, -0.1) is 0 Å². The maximum absolute atomic E-state index is 12.7. The molecule has 134 valence electrons. The minimum atomic E-state index is -0.480. The molecule has 6 heteroatoms. The smallest absolute Gasteiger partial charge is 0.340 e. The molecule has 0 aliphatic rings. The minimum Gasteiger partial charge on any atom is -0.483 e. The van der Waals surface area contributed by atoms with Crippen molar-refractivity contribution in [1.82, 2.24) is 4.57 Å². The van der Waals surface area contributed by atoms with Crippen LogP contribution in [0.5, 0.6) is 5.75 Å². The van der Waals surface area contributed by atoms with Gasteiger partial charge in [-0.05, 0) is 46.1 Å². The molecule has 0 amide bonds. The lowest BCUT2D eigenvalue weighted by Gasteiger charge is -2.09. The van der Waals surface area contributed by atoms with Gasteiger partial charge in [-0.1, -0.05) is 31.2 Å². The normalized spacial score (nSPS) is 10.7. The summed E-state index contributed by atoms with van der Waals surface area (Å²) < 4.78 is 12.7. The summed E-state index contributed by atoms with van der Waals surface area (Å²) in [6, 6.07) is 13.0. The van der Waals surface area contributed by atoms with E-state index in [9.17, 15) is 9.59 Å².